The average molecular weight is 382 g/mol. The summed E-state index contributed by atoms with van der Waals surface area (Å²) in [6, 6.07) is 11.0. The minimum atomic E-state index is -4.53. The Labute approximate surface area is 160 Å². The number of aryl methyl sites for hydroxylation is 2. The van der Waals surface area contributed by atoms with Crippen molar-refractivity contribution in [1.82, 2.24) is 14.5 Å². The molecular formula is C21H17F3N4. The van der Waals surface area contributed by atoms with Crippen molar-refractivity contribution in [1.29, 1.82) is 5.26 Å². The number of imidazole rings is 1. The van der Waals surface area contributed by atoms with Gasteiger partial charge in [-0.05, 0) is 55.2 Å². The van der Waals surface area contributed by atoms with Gasteiger partial charge in [0.25, 0.3) is 0 Å². The molecule has 0 unspecified atom stereocenters. The Hall–Kier alpha value is -3.14. The molecule has 2 aromatic heterocycles. The quantitative estimate of drug-likeness (QED) is 0.624. The highest BCUT2D eigenvalue weighted by atomic mass is 19.4. The van der Waals surface area contributed by atoms with E-state index >= 15 is 0 Å². The van der Waals surface area contributed by atoms with Gasteiger partial charge in [-0.15, -0.1) is 0 Å². The molecule has 1 aromatic carbocycles. The van der Waals surface area contributed by atoms with Gasteiger partial charge < -0.3 is 4.57 Å². The first kappa shape index (κ1) is 18.2. The number of hydrogen-bond donors (Lipinski definition) is 0. The Morgan fingerprint density at radius 3 is 2.46 bits per heavy atom. The molecule has 0 amide bonds. The van der Waals surface area contributed by atoms with Crippen molar-refractivity contribution in [3.05, 3.63) is 59.2 Å². The van der Waals surface area contributed by atoms with E-state index in [1.54, 1.807) is 18.2 Å². The molecule has 0 saturated heterocycles. The molecule has 4 rings (SSSR count). The van der Waals surface area contributed by atoms with Gasteiger partial charge >= 0.3 is 6.18 Å². The third-order valence-corrected chi connectivity index (χ3v) is 4.84. The number of aromatic nitrogens is 3. The lowest BCUT2D eigenvalue weighted by molar-refractivity contribution is -0.140. The van der Waals surface area contributed by atoms with Gasteiger partial charge in [0, 0.05) is 36.1 Å². The highest BCUT2D eigenvalue weighted by Gasteiger charge is 2.35. The minimum absolute atomic E-state index is 0.168. The Morgan fingerprint density at radius 1 is 1.11 bits per heavy atom. The zero-order valence-electron chi connectivity index (χ0n) is 15.4. The van der Waals surface area contributed by atoms with Crippen LogP contribution < -0.4 is 0 Å². The topological polar surface area (TPSA) is 54.5 Å². The molecule has 1 aliphatic carbocycles. The van der Waals surface area contributed by atoms with Crippen LogP contribution in [0.2, 0.25) is 0 Å². The molecule has 28 heavy (non-hydrogen) atoms. The summed E-state index contributed by atoms with van der Waals surface area (Å²) < 4.78 is 40.7. The molecule has 4 nitrogen and oxygen atoms in total. The van der Waals surface area contributed by atoms with E-state index in [0.29, 0.717) is 17.0 Å². The molecule has 1 saturated carbocycles. The molecule has 2 heterocycles. The third kappa shape index (κ3) is 3.38. The van der Waals surface area contributed by atoms with Crippen LogP contribution in [-0.4, -0.2) is 14.5 Å². The van der Waals surface area contributed by atoms with Crippen LogP contribution in [0.3, 0.4) is 0 Å². The van der Waals surface area contributed by atoms with Crippen LogP contribution in [-0.2, 0) is 13.2 Å². The van der Waals surface area contributed by atoms with Crippen molar-refractivity contribution in [2.24, 2.45) is 7.05 Å². The Balaban J connectivity index is 1.92. The normalized spacial score (nSPS) is 14.1. The second kappa shape index (κ2) is 6.48. The van der Waals surface area contributed by atoms with Gasteiger partial charge in [0.1, 0.15) is 5.82 Å². The maximum Gasteiger partial charge on any atom is 0.434 e. The van der Waals surface area contributed by atoms with Crippen LogP contribution in [0.25, 0.3) is 22.5 Å². The van der Waals surface area contributed by atoms with Crippen LogP contribution >= 0.6 is 0 Å². The Kier molecular flexibility index (Phi) is 4.22. The third-order valence-electron chi connectivity index (χ3n) is 4.84. The van der Waals surface area contributed by atoms with E-state index in [1.807, 2.05) is 19.1 Å². The molecule has 0 radical (unpaired) electrons. The maximum atomic E-state index is 13.1. The fraction of sp³-hybridized carbons (Fsp3) is 0.286. The van der Waals surface area contributed by atoms with Crippen LogP contribution in [0.5, 0.6) is 0 Å². The number of pyridine rings is 1. The van der Waals surface area contributed by atoms with Crippen molar-refractivity contribution < 1.29 is 13.2 Å². The zero-order valence-corrected chi connectivity index (χ0v) is 15.4. The molecular weight excluding hydrogens is 365 g/mol. The standard InChI is InChI=1S/C21H17F3N4/c1-12-7-15(9-18(26-12)14-4-5-14)16-6-3-13(10-25)8-17(16)20-27-19(11-28(20)2)21(22,23)24/h3,6-9,11,14H,4-5H2,1-2H3. The first-order valence-corrected chi connectivity index (χ1v) is 8.90. The van der Waals surface area contributed by atoms with E-state index in [9.17, 15) is 18.4 Å². The highest BCUT2D eigenvalue weighted by molar-refractivity contribution is 5.82. The summed E-state index contributed by atoms with van der Waals surface area (Å²) in [6.07, 6.45) is -1.37. The number of benzene rings is 1. The van der Waals surface area contributed by atoms with E-state index < -0.39 is 11.9 Å². The first-order chi connectivity index (χ1) is 13.3. The second-order valence-corrected chi connectivity index (χ2v) is 7.13. The predicted molar refractivity (Wildman–Crippen MR) is 98.3 cm³/mol. The maximum absolute atomic E-state index is 13.1. The van der Waals surface area contributed by atoms with Crippen molar-refractivity contribution in [2.75, 3.05) is 0 Å². The molecule has 0 N–H and O–H groups in total. The zero-order chi connectivity index (χ0) is 20.1. The molecule has 7 heteroatoms. The van der Waals surface area contributed by atoms with E-state index in [4.69, 9.17) is 0 Å². The molecule has 0 bridgehead atoms. The molecule has 3 aromatic rings. The van der Waals surface area contributed by atoms with Gasteiger partial charge in [-0.25, -0.2) is 4.98 Å². The molecule has 142 valence electrons. The SMILES string of the molecule is Cc1cc(-c2ccc(C#N)cc2-c2nc(C(F)(F)F)cn2C)cc(C2CC2)n1. The lowest BCUT2D eigenvalue weighted by Crippen LogP contribution is -2.05. The number of hydrogen-bond acceptors (Lipinski definition) is 3. The molecule has 0 aliphatic heterocycles. The molecule has 1 aliphatic rings. The monoisotopic (exact) mass is 382 g/mol. The largest absolute Gasteiger partial charge is 0.434 e. The lowest BCUT2D eigenvalue weighted by Gasteiger charge is -2.12. The second-order valence-electron chi connectivity index (χ2n) is 7.13. The fourth-order valence-electron chi connectivity index (χ4n) is 3.34. The van der Waals surface area contributed by atoms with E-state index in [-0.39, 0.29) is 5.82 Å². The number of nitrogens with zero attached hydrogens (tertiary/aromatic N) is 4. The summed E-state index contributed by atoms with van der Waals surface area (Å²) in [4.78, 5) is 8.41. The van der Waals surface area contributed by atoms with Gasteiger partial charge in [-0.2, -0.15) is 18.4 Å². The lowest BCUT2D eigenvalue weighted by atomic mass is 9.96. The van der Waals surface area contributed by atoms with Gasteiger partial charge in [0.05, 0.1) is 11.6 Å². The van der Waals surface area contributed by atoms with Crippen LogP contribution in [0.4, 0.5) is 13.2 Å². The predicted octanol–water partition coefficient (Wildman–Crippen LogP) is 5.23. The summed E-state index contributed by atoms with van der Waals surface area (Å²) in [6.45, 7) is 1.90. The summed E-state index contributed by atoms with van der Waals surface area (Å²) in [5.74, 6) is 0.618. The van der Waals surface area contributed by atoms with Gasteiger partial charge in [0.15, 0.2) is 5.69 Å². The van der Waals surface area contributed by atoms with E-state index in [0.717, 1.165) is 41.6 Å². The Bertz CT molecular complexity index is 1100. The van der Waals surface area contributed by atoms with Crippen molar-refractivity contribution in [3.63, 3.8) is 0 Å². The number of halogens is 3. The fourth-order valence-corrected chi connectivity index (χ4v) is 3.34. The van der Waals surface area contributed by atoms with Crippen molar-refractivity contribution >= 4 is 0 Å². The van der Waals surface area contributed by atoms with E-state index in [1.165, 1.54) is 11.6 Å². The molecule has 0 spiro atoms. The van der Waals surface area contributed by atoms with Crippen LogP contribution in [0.1, 0.15) is 41.4 Å². The first-order valence-electron chi connectivity index (χ1n) is 8.90. The highest BCUT2D eigenvalue weighted by Crippen LogP contribution is 2.41. The number of nitriles is 1. The average Bonchev–Trinajstić information content (AvgIpc) is 3.42. The summed E-state index contributed by atoms with van der Waals surface area (Å²) in [5, 5.41) is 9.28. The van der Waals surface area contributed by atoms with E-state index in [2.05, 4.69) is 16.0 Å². The van der Waals surface area contributed by atoms with Gasteiger partial charge in [-0.1, -0.05) is 6.07 Å². The molecule has 1 fully saturated rings. The molecule has 0 atom stereocenters. The number of rotatable bonds is 3. The van der Waals surface area contributed by atoms with Crippen molar-refractivity contribution in [3.8, 4) is 28.6 Å². The number of alkyl halides is 3. The summed E-state index contributed by atoms with van der Waals surface area (Å²) in [5.41, 5.74) is 3.35. The van der Waals surface area contributed by atoms with Gasteiger partial charge in [-0.3, -0.25) is 4.98 Å². The smallest absolute Gasteiger partial charge is 0.333 e. The summed E-state index contributed by atoms with van der Waals surface area (Å²) >= 11 is 0. The van der Waals surface area contributed by atoms with Crippen LogP contribution in [0.15, 0.2) is 36.5 Å². The minimum Gasteiger partial charge on any atom is -0.333 e. The van der Waals surface area contributed by atoms with Gasteiger partial charge in [0.2, 0.25) is 0 Å². The Morgan fingerprint density at radius 2 is 1.86 bits per heavy atom. The van der Waals surface area contributed by atoms with Crippen LogP contribution in [0, 0.1) is 18.3 Å². The van der Waals surface area contributed by atoms with Crippen molar-refractivity contribution in [2.45, 2.75) is 31.9 Å². The summed E-state index contributed by atoms with van der Waals surface area (Å²) in [7, 11) is 1.52.